The zero-order valence-electron chi connectivity index (χ0n) is 5.37. The molecule has 0 heterocycles. The van der Waals surface area contributed by atoms with Crippen LogP contribution in [0.2, 0.25) is 0 Å². The molecule has 11 heavy (non-hydrogen) atoms. The predicted octanol–water partition coefficient (Wildman–Crippen LogP) is -0.388. The Morgan fingerprint density at radius 3 is 2.27 bits per heavy atom. The van der Waals surface area contributed by atoms with Crippen molar-refractivity contribution in [3.8, 4) is 0 Å². The second-order valence-electron chi connectivity index (χ2n) is 1.58. The highest BCUT2D eigenvalue weighted by molar-refractivity contribution is 7.90. The van der Waals surface area contributed by atoms with Gasteiger partial charge in [-0.2, -0.15) is 12.4 Å². The summed E-state index contributed by atoms with van der Waals surface area (Å²) in [4.78, 5) is 16.1. The second kappa shape index (κ2) is 3.46. The molecule has 0 atom stereocenters. The van der Waals surface area contributed by atoms with Gasteiger partial charge in [0, 0.05) is 0 Å². The van der Waals surface area contributed by atoms with E-state index in [0.717, 1.165) is 6.08 Å². The van der Waals surface area contributed by atoms with Crippen molar-refractivity contribution in [3.05, 3.63) is 12.7 Å². The Bertz CT molecular complexity index is 272. The average molecular weight is 202 g/mol. The summed E-state index contributed by atoms with van der Waals surface area (Å²) >= 11 is 0. The molecular weight excluding hydrogens is 195 g/mol. The van der Waals surface area contributed by atoms with Crippen molar-refractivity contribution >= 4 is 17.9 Å². The van der Waals surface area contributed by atoms with Crippen LogP contribution >= 0.6 is 7.82 Å². The van der Waals surface area contributed by atoms with Gasteiger partial charge in [-0.1, -0.05) is 6.08 Å². The summed E-state index contributed by atoms with van der Waals surface area (Å²) < 4.78 is 34.3. The minimum absolute atomic E-state index is 0.627. The van der Waals surface area contributed by atoms with E-state index in [1.807, 2.05) is 0 Å². The normalized spacial score (nSPS) is 12.9. The highest BCUT2D eigenvalue weighted by Gasteiger charge is 2.24. The monoisotopic (exact) mass is 202 g/mol. The molecule has 0 aliphatic rings. The molecule has 0 bridgehead atoms. The maximum absolute atomic E-state index is 10.5. The molecule has 0 aromatic rings. The van der Waals surface area contributed by atoms with E-state index in [1.54, 1.807) is 0 Å². The van der Waals surface area contributed by atoms with Crippen molar-refractivity contribution in [2.75, 3.05) is 5.75 Å². The van der Waals surface area contributed by atoms with E-state index in [-0.39, 0.29) is 0 Å². The highest BCUT2D eigenvalue weighted by Crippen LogP contribution is 2.38. The molecule has 66 valence electrons. The van der Waals surface area contributed by atoms with Crippen LogP contribution in [-0.4, -0.2) is 24.0 Å². The average Bonchev–Trinajstić information content (AvgIpc) is 1.55. The highest BCUT2D eigenvalue weighted by atomic mass is 32.2. The smallest absolute Gasteiger partial charge is 0.302 e. The molecule has 0 amide bonds. The largest absolute Gasteiger partial charge is 0.484 e. The summed E-state index contributed by atoms with van der Waals surface area (Å²) in [6.45, 7) is 3.06. The fourth-order valence-corrected chi connectivity index (χ4v) is 2.04. The fourth-order valence-electron chi connectivity index (χ4n) is 0.323. The molecule has 8 heteroatoms. The zero-order valence-corrected chi connectivity index (χ0v) is 7.09. The van der Waals surface area contributed by atoms with Gasteiger partial charge in [-0.05, 0) is 0 Å². The third-order valence-electron chi connectivity index (χ3n) is 0.533. The van der Waals surface area contributed by atoms with Gasteiger partial charge in [0.2, 0.25) is 0 Å². The van der Waals surface area contributed by atoms with Gasteiger partial charge >= 0.3 is 7.82 Å². The SMILES string of the molecule is C=CCS(=O)(=O)OP(=O)(O)O. The van der Waals surface area contributed by atoms with Gasteiger partial charge in [-0.3, -0.25) is 0 Å². The lowest BCUT2D eigenvalue weighted by Crippen LogP contribution is -2.06. The number of rotatable bonds is 4. The van der Waals surface area contributed by atoms with Gasteiger partial charge < -0.3 is 9.79 Å². The van der Waals surface area contributed by atoms with E-state index in [2.05, 4.69) is 10.5 Å². The van der Waals surface area contributed by atoms with Crippen molar-refractivity contribution in [2.24, 2.45) is 0 Å². The van der Waals surface area contributed by atoms with Gasteiger partial charge in [0.25, 0.3) is 10.1 Å². The molecule has 0 unspecified atom stereocenters. The van der Waals surface area contributed by atoms with Crippen LogP contribution in [0.4, 0.5) is 0 Å². The predicted molar refractivity (Wildman–Crippen MR) is 37.1 cm³/mol. The minimum atomic E-state index is -4.95. The lowest BCUT2D eigenvalue weighted by Gasteiger charge is -2.02. The van der Waals surface area contributed by atoms with Gasteiger partial charge in [0.05, 0.1) is 5.75 Å². The zero-order chi connectivity index (χ0) is 9.12. The van der Waals surface area contributed by atoms with Crippen molar-refractivity contribution < 1.29 is 26.7 Å². The topological polar surface area (TPSA) is 101 Å². The lowest BCUT2D eigenvalue weighted by molar-refractivity contribution is 0.286. The van der Waals surface area contributed by atoms with Gasteiger partial charge in [0.1, 0.15) is 0 Å². The van der Waals surface area contributed by atoms with Crippen molar-refractivity contribution in [1.82, 2.24) is 0 Å². The van der Waals surface area contributed by atoms with Crippen LogP contribution in [0.15, 0.2) is 12.7 Å². The molecular formula is C3H7O6PS. The fraction of sp³-hybridized carbons (Fsp3) is 0.333. The third kappa shape index (κ3) is 6.21. The molecule has 0 saturated heterocycles. The van der Waals surface area contributed by atoms with E-state index in [0.29, 0.717) is 0 Å². The van der Waals surface area contributed by atoms with Crippen LogP contribution < -0.4 is 0 Å². The maximum atomic E-state index is 10.5. The van der Waals surface area contributed by atoms with Crippen molar-refractivity contribution in [3.63, 3.8) is 0 Å². The Morgan fingerprint density at radius 2 is 2.00 bits per heavy atom. The molecule has 0 radical (unpaired) electrons. The molecule has 0 aromatic heterocycles. The Labute approximate surface area is 63.9 Å². The first-order valence-corrected chi connectivity index (χ1v) is 5.48. The minimum Gasteiger partial charge on any atom is -0.302 e. The Balaban J connectivity index is 4.39. The van der Waals surface area contributed by atoms with Crippen LogP contribution in [0.25, 0.3) is 0 Å². The first kappa shape index (κ1) is 10.8. The van der Waals surface area contributed by atoms with E-state index in [4.69, 9.17) is 9.79 Å². The molecule has 2 N–H and O–H groups in total. The first-order valence-electron chi connectivity index (χ1n) is 2.37. The van der Waals surface area contributed by atoms with Crippen LogP contribution in [0.3, 0.4) is 0 Å². The summed E-state index contributed by atoms with van der Waals surface area (Å²) in [6, 6.07) is 0. The van der Waals surface area contributed by atoms with E-state index in [1.165, 1.54) is 0 Å². The Morgan fingerprint density at radius 1 is 1.55 bits per heavy atom. The molecule has 0 rings (SSSR count). The molecule has 0 spiro atoms. The molecule has 0 aromatic carbocycles. The van der Waals surface area contributed by atoms with Gasteiger partial charge in [-0.25, -0.2) is 4.57 Å². The quantitative estimate of drug-likeness (QED) is 0.475. The summed E-state index contributed by atoms with van der Waals surface area (Å²) in [5, 5.41) is 0. The number of hydrogen-bond acceptors (Lipinski definition) is 4. The molecule has 0 aliphatic heterocycles. The summed E-state index contributed by atoms with van der Waals surface area (Å²) in [6.07, 6.45) is 0.963. The lowest BCUT2D eigenvalue weighted by atomic mass is 10.8. The summed E-state index contributed by atoms with van der Waals surface area (Å²) in [5.74, 6) is -0.627. The Hall–Kier alpha value is -0.200. The third-order valence-corrected chi connectivity index (χ3v) is 2.86. The molecule has 0 fully saturated rings. The maximum Gasteiger partial charge on any atom is 0.484 e. The second-order valence-corrected chi connectivity index (χ2v) is 4.60. The molecule has 0 aliphatic carbocycles. The van der Waals surface area contributed by atoms with Crippen LogP contribution in [-0.2, 0) is 18.7 Å². The van der Waals surface area contributed by atoms with E-state index in [9.17, 15) is 13.0 Å². The molecule has 0 saturated carbocycles. The first-order chi connectivity index (χ1) is 4.77. The summed E-state index contributed by atoms with van der Waals surface area (Å²) in [5.41, 5.74) is 0. The van der Waals surface area contributed by atoms with Gasteiger partial charge in [0.15, 0.2) is 0 Å². The summed E-state index contributed by atoms with van der Waals surface area (Å²) in [7, 11) is -9.12. The molecule has 6 nitrogen and oxygen atoms in total. The standard InChI is InChI=1S/C3H7O6PS/c1-2-3-11(7,8)9-10(4,5)6/h2H,1,3H2,(H2,4,5,6). The van der Waals surface area contributed by atoms with Crippen LogP contribution in [0, 0.1) is 0 Å². The van der Waals surface area contributed by atoms with E-state index < -0.39 is 23.7 Å². The number of phosphoric acid groups is 1. The van der Waals surface area contributed by atoms with Crippen molar-refractivity contribution in [1.29, 1.82) is 0 Å². The van der Waals surface area contributed by atoms with E-state index >= 15 is 0 Å². The van der Waals surface area contributed by atoms with Gasteiger partial charge in [-0.15, -0.1) is 6.58 Å². The van der Waals surface area contributed by atoms with Crippen LogP contribution in [0.5, 0.6) is 0 Å². The van der Waals surface area contributed by atoms with Crippen molar-refractivity contribution in [2.45, 2.75) is 0 Å². The number of hydrogen-bond donors (Lipinski definition) is 2. The van der Waals surface area contributed by atoms with Crippen LogP contribution in [0.1, 0.15) is 0 Å². The Kier molecular flexibility index (Phi) is 3.40.